The molecular formula is C14H28N2O4S. The van der Waals surface area contributed by atoms with Crippen molar-refractivity contribution in [3.8, 4) is 0 Å². The minimum absolute atomic E-state index is 0.228. The average molecular weight is 320 g/mol. The predicted molar refractivity (Wildman–Crippen MR) is 83.2 cm³/mol. The van der Waals surface area contributed by atoms with Crippen molar-refractivity contribution in [3.05, 3.63) is 0 Å². The van der Waals surface area contributed by atoms with Crippen molar-refractivity contribution in [2.75, 3.05) is 31.1 Å². The van der Waals surface area contributed by atoms with E-state index in [0.29, 0.717) is 32.5 Å². The van der Waals surface area contributed by atoms with Gasteiger partial charge in [0.15, 0.2) is 0 Å². The highest BCUT2D eigenvalue weighted by molar-refractivity contribution is 7.91. The molecule has 0 aromatic heterocycles. The Morgan fingerprint density at radius 2 is 1.86 bits per heavy atom. The molecule has 0 aliphatic carbocycles. The van der Waals surface area contributed by atoms with Crippen LogP contribution in [0.4, 0.5) is 4.79 Å². The fourth-order valence-corrected chi connectivity index (χ4v) is 3.69. The van der Waals surface area contributed by atoms with Crippen LogP contribution in [0, 0.1) is 0 Å². The molecule has 0 bridgehead atoms. The van der Waals surface area contributed by atoms with Crippen LogP contribution in [0.2, 0.25) is 0 Å². The van der Waals surface area contributed by atoms with E-state index < -0.39 is 15.4 Å². The first-order chi connectivity index (χ1) is 9.63. The maximum absolute atomic E-state index is 12.0. The highest BCUT2D eigenvalue weighted by Crippen LogP contribution is 2.12. The van der Waals surface area contributed by atoms with Gasteiger partial charge in [0.1, 0.15) is 15.4 Å². The van der Waals surface area contributed by atoms with Gasteiger partial charge in [-0.15, -0.1) is 0 Å². The van der Waals surface area contributed by atoms with Crippen LogP contribution in [0.3, 0.4) is 0 Å². The van der Waals surface area contributed by atoms with Crippen LogP contribution < -0.4 is 5.32 Å². The second-order valence-electron chi connectivity index (χ2n) is 6.44. The van der Waals surface area contributed by atoms with Gasteiger partial charge in [0.25, 0.3) is 0 Å². The van der Waals surface area contributed by atoms with Crippen LogP contribution in [-0.4, -0.2) is 62.2 Å². The van der Waals surface area contributed by atoms with Crippen LogP contribution in [0.25, 0.3) is 0 Å². The topological polar surface area (TPSA) is 75.7 Å². The molecule has 1 fully saturated rings. The molecule has 0 unspecified atom stereocenters. The van der Waals surface area contributed by atoms with E-state index in [1.54, 1.807) is 4.90 Å². The Balaban J connectivity index is 2.31. The van der Waals surface area contributed by atoms with Crippen molar-refractivity contribution in [3.63, 3.8) is 0 Å². The van der Waals surface area contributed by atoms with Gasteiger partial charge in [-0.25, -0.2) is 13.2 Å². The van der Waals surface area contributed by atoms with Gasteiger partial charge in [0, 0.05) is 25.7 Å². The SMILES string of the molecule is CCN(CCNC1CCS(=O)(=O)CC1)C(=O)OC(C)(C)C. The summed E-state index contributed by atoms with van der Waals surface area (Å²) < 4.78 is 28.0. The molecule has 1 N–H and O–H groups in total. The number of carbonyl (C=O) groups is 1. The van der Waals surface area contributed by atoms with E-state index in [9.17, 15) is 13.2 Å². The van der Waals surface area contributed by atoms with E-state index in [2.05, 4.69) is 5.32 Å². The molecule has 0 aromatic rings. The highest BCUT2D eigenvalue weighted by atomic mass is 32.2. The molecule has 1 aliphatic rings. The molecule has 0 spiro atoms. The molecule has 6 nitrogen and oxygen atoms in total. The van der Waals surface area contributed by atoms with Gasteiger partial charge in [-0.2, -0.15) is 0 Å². The molecule has 0 atom stereocenters. The van der Waals surface area contributed by atoms with Crippen molar-refractivity contribution < 1.29 is 17.9 Å². The van der Waals surface area contributed by atoms with Crippen molar-refractivity contribution in [2.24, 2.45) is 0 Å². The maximum Gasteiger partial charge on any atom is 0.410 e. The first kappa shape index (κ1) is 18.2. The molecule has 0 aromatic carbocycles. The van der Waals surface area contributed by atoms with Crippen molar-refractivity contribution in [1.82, 2.24) is 10.2 Å². The van der Waals surface area contributed by atoms with Gasteiger partial charge in [0.2, 0.25) is 0 Å². The first-order valence-electron chi connectivity index (χ1n) is 7.54. The van der Waals surface area contributed by atoms with Crippen LogP contribution in [0.15, 0.2) is 0 Å². The van der Waals surface area contributed by atoms with Crippen molar-refractivity contribution in [2.45, 2.75) is 52.2 Å². The summed E-state index contributed by atoms with van der Waals surface area (Å²) >= 11 is 0. The summed E-state index contributed by atoms with van der Waals surface area (Å²) in [6.45, 7) is 9.26. The summed E-state index contributed by atoms with van der Waals surface area (Å²) in [7, 11) is -2.82. The second kappa shape index (κ2) is 7.45. The van der Waals surface area contributed by atoms with Gasteiger partial charge in [-0.1, -0.05) is 0 Å². The van der Waals surface area contributed by atoms with E-state index >= 15 is 0 Å². The van der Waals surface area contributed by atoms with Gasteiger partial charge >= 0.3 is 6.09 Å². The zero-order chi connectivity index (χ0) is 16.1. The van der Waals surface area contributed by atoms with Gasteiger partial charge in [0.05, 0.1) is 11.5 Å². The van der Waals surface area contributed by atoms with Gasteiger partial charge in [-0.3, -0.25) is 0 Å². The molecule has 0 radical (unpaired) electrons. The average Bonchev–Trinajstić information content (AvgIpc) is 2.34. The fraction of sp³-hybridized carbons (Fsp3) is 0.929. The Labute approximate surface area is 128 Å². The molecule has 1 aliphatic heterocycles. The van der Waals surface area contributed by atoms with Gasteiger partial charge in [-0.05, 0) is 40.5 Å². The molecule has 1 saturated heterocycles. The van der Waals surface area contributed by atoms with Crippen molar-refractivity contribution in [1.29, 1.82) is 0 Å². The normalized spacial score (nSPS) is 19.2. The van der Waals surface area contributed by atoms with E-state index in [0.717, 1.165) is 0 Å². The number of amides is 1. The zero-order valence-electron chi connectivity index (χ0n) is 13.5. The molecular weight excluding hydrogens is 292 g/mol. The summed E-state index contributed by atoms with van der Waals surface area (Å²) in [5.41, 5.74) is -0.490. The first-order valence-corrected chi connectivity index (χ1v) is 9.37. The third kappa shape index (κ3) is 7.13. The molecule has 1 amide bonds. The number of likely N-dealkylation sites (N-methyl/N-ethyl adjacent to an activating group) is 1. The number of hydrogen-bond acceptors (Lipinski definition) is 5. The number of nitrogens with one attached hydrogen (secondary N) is 1. The third-order valence-electron chi connectivity index (χ3n) is 3.40. The minimum Gasteiger partial charge on any atom is -0.444 e. The highest BCUT2D eigenvalue weighted by Gasteiger charge is 2.24. The summed E-state index contributed by atoms with van der Waals surface area (Å²) in [5.74, 6) is 0.516. The van der Waals surface area contributed by atoms with Gasteiger partial charge < -0.3 is 15.0 Å². The standard InChI is InChI=1S/C14H28N2O4S/c1-5-16(13(17)20-14(2,3)4)9-8-15-12-6-10-21(18,19)11-7-12/h12,15H,5-11H2,1-4H3. The van der Waals surface area contributed by atoms with E-state index in [-0.39, 0.29) is 23.6 Å². The minimum atomic E-state index is -2.82. The molecule has 124 valence electrons. The van der Waals surface area contributed by atoms with Crippen molar-refractivity contribution >= 4 is 15.9 Å². The number of ether oxygens (including phenoxy) is 1. The summed E-state index contributed by atoms with van der Waals surface area (Å²) in [6, 6.07) is 0.228. The van der Waals surface area contributed by atoms with Crippen LogP contribution in [-0.2, 0) is 14.6 Å². The number of rotatable bonds is 5. The predicted octanol–water partition coefficient (Wildman–Crippen LogP) is 1.41. The van der Waals surface area contributed by atoms with Crippen LogP contribution in [0.1, 0.15) is 40.5 Å². The lowest BCUT2D eigenvalue weighted by Crippen LogP contribution is -2.44. The monoisotopic (exact) mass is 320 g/mol. The smallest absolute Gasteiger partial charge is 0.410 e. The second-order valence-corrected chi connectivity index (χ2v) is 8.74. The molecule has 1 rings (SSSR count). The fourth-order valence-electron chi connectivity index (χ4n) is 2.20. The number of hydrogen-bond donors (Lipinski definition) is 1. The van der Waals surface area contributed by atoms with E-state index in [4.69, 9.17) is 4.74 Å². The molecule has 21 heavy (non-hydrogen) atoms. The van der Waals surface area contributed by atoms with Crippen LogP contribution in [0.5, 0.6) is 0 Å². The Morgan fingerprint density at radius 3 is 2.33 bits per heavy atom. The quantitative estimate of drug-likeness (QED) is 0.829. The number of nitrogens with zero attached hydrogens (tertiary/aromatic N) is 1. The third-order valence-corrected chi connectivity index (χ3v) is 5.12. The Morgan fingerprint density at radius 1 is 1.29 bits per heavy atom. The summed E-state index contributed by atoms with van der Waals surface area (Å²) in [5, 5.41) is 3.33. The molecule has 1 heterocycles. The van der Waals surface area contributed by atoms with E-state index in [1.165, 1.54) is 0 Å². The van der Waals surface area contributed by atoms with Crippen LogP contribution >= 0.6 is 0 Å². The maximum atomic E-state index is 12.0. The largest absolute Gasteiger partial charge is 0.444 e. The number of carbonyl (C=O) groups excluding carboxylic acids is 1. The Kier molecular flexibility index (Phi) is 6.46. The lowest BCUT2D eigenvalue weighted by Gasteiger charge is -2.28. The summed E-state index contributed by atoms with van der Waals surface area (Å²) in [6.07, 6.45) is 1.000. The summed E-state index contributed by atoms with van der Waals surface area (Å²) in [4.78, 5) is 13.6. The van der Waals surface area contributed by atoms with E-state index in [1.807, 2.05) is 27.7 Å². The lowest BCUT2D eigenvalue weighted by atomic mass is 10.1. The lowest BCUT2D eigenvalue weighted by molar-refractivity contribution is 0.0261. The number of sulfone groups is 1. The molecule has 0 saturated carbocycles. The Hall–Kier alpha value is -0.820. The Bertz CT molecular complexity index is 428. The zero-order valence-corrected chi connectivity index (χ0v) is 14.3. The molecule has 7 heteroatoms.